The van der Waals surface area contributed by atoms with Crippen molar-refractivity contribution in [1.82, 2.24) is 4.90 Å². The summed E-state index contributed by atoms with van der Waals surface area (Å²) < 4.78 is 5.43. The average Bonchev–Trinajstić information content (AvgIpc) is 2.62. The first kappa shape index (κ1) is 13.0. The predicted molar refractivity (Wildman–Crippen MR) is 58.1 cm³/mol. The second-order valence-electron chi connectivity index (χ2n) is 4.77. The van der Waals surface area contributed by atoms with E-state index in [1.807, 2.05) is 6.92 Å². The molecular formula is C11H19NO4. The predicted octanol–water partition coefficient (Wildman–Crippen LogP) is 0.875. The van der Waals surface area contributed by atoms with Gasteiger partial charge in [0.2, 0.25) is 0 Å². The standard InChI is InChI=1S/C11H19NO4/c1-7-5-6-8(16-7)9(13)12(4)11(2,3)10(14)15/h7-8H,5-6H2,1-4H3,(H,14,15). The van der Waals surface area contributed by atoms with Crippen LogP contribution in [-0.2, 0) is 14.3 Å². The highest BCUT2D eigenvalue weighted by Gasteiger charge is 2.40. The minimum Gasteiger partial charge on any atom is -0.480 e. The van der Waals surface area contributed by atoms with Crippen molar-refractivity contribution in [2.75, 3.05) is 7.05 Å². The van der Waals surface area contributed by atoms with Gasteiger partial charge in [0.15, 0.2) is 0 Å². The number of nitrogens with zero attached hydrogens (tertiary/aromatic N) is 1. The lowest BCUT2D eigenvalue weighted by molar-refractivity contribution is -0.160. The summed E-state index contributed by atoms with van der Waals surface area (Å²) >= 11 is 0. The van der Waals surface area contributed by atoms with E-state index < -0.39 is 17.6 Å². The van der Waals surface area contributed by atoms with Gasteiger partial charge >= 0.3 is 5.97 Å². The maximum absolute atomic E-state index is 12.0. The molecule has 1 heterocycles. The molecule has 1 fully saturated rings. The van der Waals surface area contributed by atoms with Crippen LogP contribution in [0.25, 0.3) is 0 Å². The first-order valence-electron chi connectivity index (χ1n) is 5.43. The third kappa shape index (κ3) is 2.35. The van der Waals surface area contributed by atoms with Gasteiger partial charge in [-0.25, -0.2) is 4.79 Å². The molecular weight excluding hydrogens is 210 g/mol. The molecule has 0 spiro atoms. The first-order chi connectivity index (χ1) is 7.26. The molecule has 92 valence electrons. The average molecular weight is 229 g/mol. The number of ether oxygens (including phenoxy) is 1. The monoisotopic (exact) mass is 229 g/mol. The van der Waals surface area contributed by atoms with Crippen LogP contribution in [0.3, 0.4) is 0 Å². The molecule has 0 radical (unpaired) electrons. The van der Waals surface area contributed by atoms with E-state index in [0.717, 1.165) is 6.42 Å². The number of likely N-dealkylation sites (N-methyl/N-ethyl adjacent to an activating group) is 1. The lowest BCUT2D eigenvalue weighted by atomic mass is 10.0. The van der Waals surface area contributed by atoms with Gasteiger partial charge in [0.25, 0.3) is 5.91 Å². The summed E-state index contributed by atoms with van der Waals surface area (Å²) in [6.07, 6.45) is 1.10. The molecule has 16 heavy (non-hydrogen) atoms. The summed E-state index contributed by atoms with van der Waals surface area (Å²) in [5.74, 6) is -1.27. The minimum absolute atomic E-state index is 0.0790. The summed E-state index contributed by atoms with van der Waals surface area (Å²) in [7, 11) is 1.50. The molecule has 5 nitrogen and oxygen atoms in total. The Balaban J connectivity index is 2.71. The molecule has 0 saturated carbocycles. The molecule has 0 aliphatic carbocycles. The quantitative estimate of drug-likeness (QED) is 0.780. The Labute approximate surface area is 95.4 Å². The van der Waals surface area contributed by atoms with E-state index in [9.17, 15) is 9.59 Å². The fourth-order valence-electron chi connectivity index (χ4n) is 1.62. The number of rotatable bonds is 3. The smallest absolute Gasteiger partial charge is 0.329 e. The number of aliphatic carboxylic acids is 1. The summed E-state index contributed by atoms with van der Waals surface area (Å²) in [6.45, 7) is 4.92. The molecule has 1 aliphatic heterocycles. The highest BCUT2D eigenvalue weighted by atomic mass is 16.5. The maximum atomic E-state index is 12.0. The van der Waals surface area contributed by atoms with Crippen molar-refractivity contribution in [3.05, 3.63) is 0 Å². The maximum Gasteiger partial charge on any atom is 0.329 e. The lowest BCUT2D eigenvalue weighted by Gasteiger charge is -2.33. The Hall–Kier alpha value is -1.10. The number of carboxylic acid groups (broad SMARTS) is 1. The zero-order valence-corrected chi connectivity index (χ0v) is 10.2. The van der Waals surface area contributed by atoms with Crippen molar-refractivity contribution in [1.29, 1.82) is 0 Å². The zero-order valence-electron chi connectivity index (χ0n) is 10.2. The molecule has 1 saturated heterocycles. The van der Waals surface area contributed by atoms with Gasteiger partial charge in [0, 0.05) is 7.05 Å². The number of amides is 1. The highest BCUT2D eigenvalue weighted by Crippen LogP contribution is 2.23. The highest BCUT2D eigenvalue weighted by molar-refractivity contribution is 5.88. The van der Waals surface area contributed by atoms with Gasteiger partial charge in [-0.15, -0.1) is 0 Å². The molecule has 0 aromatic carbocycles. The van der Waals surface area contributed by atoms with Crippen LogP contribution in [0.1, 0.15) is 33.6 Å². The van der Waals surface area contributed by atoms with E-state index in [2.05, 4.69) is 0 Å². The second kappa shape index (κ2) is 4.41. The topological polar surface area (TPSA) is 66.8 Å². The fraction of sp³-hybridized carbons (Fsp3) is 0.818. The third-order valence-electron chi connectivity index (χ3n) is 3.20. The number of hydrogen-bond acceptors (Lipinski definition) is 3. The van der Waals surface area contributed by atoms with Crippen molar-refractivity contribution >= 4 is 11.9 Å². The van der Waals surface area contributed by atoms with Gasteiger partial charge in [0.1, 0.15) is 11.6 Å². The zero-order chi connectivity index (χ0) is 12.5. The van der Waals surface area contributed by atoms with Crippen molar-refractivity contribution in [3.8, 4) is 0 Å². The second-order valence-corrected chi connectivity index (χ2v) is 4.77. The number of carboxylic acids is 1. The Kier molecular flexibility index (Phi) is 3.57. The van der Waals surface area contributed by atoms with Crippen LogP contribution in [0, 0.1) is 0 Å². The summed E-state index contributed by atoms with van der Waals surface area (Å²) in [5.41, 5.74) is -1.20. The van der Waals surface area contributed by atoms with Crippen LogP contribution in [-0.4, -0.2) is 46.7 Å². The molecule has 2 atom stereocenters. The molecule has 2 unspecified atom stereocenters. The fourth-order valence-corrected chi connectivity index (χ4v) is 1.62. The van der Waals surface area contributed by atoms with E-state index in [1.165, 1.54) is 25.8 Å². The van der Waals surface area contributed by atoms with Crippen LogP contribution in [0.2, 0.25) is 0 Å². The normalized spacial score (nSPS) is 25.5. The first-order valence-corrected chi connectivity index (χ1v) is 5.43. The van der Waals surface area contributed by atoms with E-state index in [4.69, 9.17) is 9.84 Å². The number of hydrogen-bond donors (Lipinski definition) is 1. The third-order valence-corrected chi connectivity index (χ3v) is 3.20. The molecule has 0 aromatic rings. The molecule has 1 rings (SSSR count). The SMILES string of the molecule is CC1CCC(C(=O)N(C)C(C)(C)C(=O)O)O1. The van der Waals surface area contributed by atoms with Gasteiger partial charge in [-0.2, -0.15) is 0 Å². The summed E-state index contributed by atoms with van der Waals surface area (Å²) in [6, 6.07) is 0. The van der Waals surface area contributed by atoms with Crippen LogP contribution >= 0.6 is 0 Å². The molecule has 5 heteroatoms. The van der Waals surface area contributed by atoms with Gasteiger partial charge in [-0.1, -0.05) is 0 Å². The van der Waals surface area contributed by atoms with Gasteiger partial charge in [0.05, 0.1) is 6.10 Å². The lowest BCUT2D eigenvalue weighted by Crippen LogP contribution is -2.53. The largest absolute Gasteiger partial charge is 0.480 e. The van der Waals surface area contributed by atoms with E-state index in [1.54, 1.807) is 0 Å². The van der Waals surface area contributed by atoms with E-state index in [-0.39, 0.29) is 12.0 Å². The molecule has 0 bridgehead atoms. The van der Waals surface area contributed by atoms with Crippen molar-refractivity contribution < 1.29 is 19.4 Å². The van der Waals surface area contributed by atoms with Crippen LogP contribution in [0.15, 0.2) is 0 Å². The molecule has 1 aliphatic rings. The van der Waals surface area contributed by atoms with Gasteiger partial charge in [-0.3, -0.25) is 4.79 Å². The Morgan fingerprint density at radius 3 is 2.31 bits per heavy atom. The molecule has 1 N–H and O–H groups in total. The van der Waals surface area contributed by atoms with Crippen molar-refractivity contribution in [2.45, 2.75) is 51.4 Å². The Morgan fingerprint density at radius 2 is 1.94 bits per heavy atom. The Bertz CT molecular complexity index is 300. The molecule has 1 amide bonds. The van der Waals surface area contributed by atoms with Crippen LogP contribution in [0.5, 0.6) is 0 Å². The van der Waals surface area contributed by atoms with Crippen LogP contribution < -0.4 is 0 Å². The minimum atomic E-state index is -1.20. The van der Waals surface area contributed by atoms with E-state index >= 15 is 0 Å². The van der Waals surface area contributed by atoms with Gasteiger partial charge < -0.3 is 14.7 Å². The van der Waals surface area contributed by atoms with E-state index in [0.29, 0.717) is 6.42 Å². The van der Waals surface area contributed by atoms with Crippen molar-refractivity contribution in [2.24, 2.45) is 0 Å². The summed E-state index contributed by atoms with van der Waals surface area (Å²) in [5, 5.41) is 9.02. The number of carbonyl (C=O) groups excluding carboxylic acids is 1. The van der Waals surface area contributed by atoms with Crippen LogP contribution in [0.4, 0.5) is 0 Å². The summed E-state index contributed by atoms with van der Waals surface area (Å²) in [4.78, 5) is 24.2. The molecule has 0 aromatic heterocycles. The van der Waals surface area contributed by atoms with Gasteiger partial charge in [-0.05, 0) is 33.6 Å². The Morgan fingerprint density at radius 1 is 1.38 bits per heavy atom. The van der Waals surface area contributed by atoms with Crippen molar-refractivity contribution in [3.63, 3.8) is 0 Å². The number of carbonyl (C=O) groups is 2.